The molecule has 0 bridgehead atoms. The van der Waals surface area contributed by atoms with Gasteiger partial charge in [-0.2, -0.15) is 0 Å². The minimum absolute atomic E-state index is 0.0481. The average Bonchev–Trinajstić information content (AvgIpc) is 3.15. The third kappa shape index (κ3) is 37.1. The molecule has 1 N–H and O–H groups in total. The van der Waals surface area contributed by atoms with E-state index in [0.29, 0.717) is 19.3 Å². The van der Waals surface area contributed by atoms with Crippen molar-refractivity contribution in [2.45, 2.75) is 212 Å². The van der Waals surface area contributed by atoms with Crippen molar-refractivity contribution >= 4 is 17.9 Å². The lowest BCUT2D eigenvalue weighted by molar-refractivity contribution is -0.887. The lowest BCUT2D eigenvalue weighted by atomic mass is 10.1. The fraction of sp³-hybridized carbons (Fsp3) is 0.812. The first-order valence-corrected chi connectivity index (χ1v) is 23.0. The zero-order valence-corrected chi connectivity index (χ0v) is 37.1. The van der Waals surface area contributed by atoms with Crippen LogP contribution in [0, 0.1) is 0 Å². The number of hydrogen-bond donors (Lipinski definition) is 1. The van der Waals surface area contributed by atoms with Crippen molar-refractivity contribution < 1.29 is 38.2 Å². The first-order valence-electron chi connectivity index (χ1n) is 23.0. The second-order valence-corrected chi connectivity index (χ2v) is 16.7. The Labute approximate surface area is 344 Å². The molecule has 2 unspecified atom stereocenters. The van der Waals surface area contributed by atoms with Crippen LogP contribution in [0.5, 0.6) is 0 Å². The van der Waals surface area contributed by atoms with Crippen LogP contribution < -0.4 is 0 Å². The average molecular weight is 791 g/mol. The van der Waals surface area contributed by atoms with E-state index in [-0.39, 0.29) is 42.7 Å². The van der Waals surface area contributed by atoms with E-state index in [1.165, 1.54) is 116 Å². The Morgan fingerprint density at radius 1 is 0.536 bits per heavy atom. The molecule has 8 nitrogen and oxygen atoms in total. The summed E-state index contributed by atoms with van der Waals surface area (Å²) in [5, 5.41) is 9.60. The molecule has 0 aromatic rings. The quantitative estimate of drug-likeness (QED) is 0.0285. The number of nitrogens with zero attached hydrogens (tertiary/aromatic N) is 1. The van der Waals surface area contributed by atoms with Gasteiger partial charge in [0.15, 0.2) is 12.1 Å². The van der Waals surface area contributed by atoms with Crippen LogP contribution in [0.15, 0.2) is 36.5 Å². The molecular formula is C48H88NO7+. The van der Waals surface area contributed by atoms with Crippen LogP contribution in [0.1, 0.15) is 200 Å². The normalized spacial score (nSPS) is 13.2. The molecule has 2 atom stereocenters. The van der Waals surface area contributed by atoms with E-state index in [4.69, 9.17) is 14.2 Å². The molecule has 0 heterocycles. The largest absolute Gasteiger partial charge is 0.477 e. The van der Waals surface area contributed by atoms with Crippen molar-refractivity contribution in [2.24, 2.45) is 0 Å². The number of rotatable bonds is 41. The summed E-state index contributed by atoms with van der Waals surface area (Å²) >= 11 is 0. The molecule has 0 aliphatic carbocycles. The van der Waals surface area contributed by atoms with E-state index in [9.17, 15) is 19.5 Å². The second kappa shape index (κ2) is 39.4. The first kappa shape index (κ1) is 53.6. The van der Waals surface area contributed by atoms with E-state index in [2.05, 4.69) is 50.3 Å². The van der Waals surface area contributed by atoms with Gasteiger partial charge in [-0.25, -0.2) is 4.79 Å². The number of aliphatic carboxylic acids is 1. The number of quaternary nitrogens is 1. The molecule has 0 saturated heterocycles. The van der Waals surface area contributed by atoms with Gasteiger partial charge in [-0.05, 0) is 64.2 Å². The van der Waals surface area contributed by atoms with Gasteiger partial charge in [-0.15, -0.1) is 0 Å². The predicted molar refractivity (Wildman–Crippen MR) is 234 cm³/mol. The highest BCUT2D eigenvalue weighted by Gasteiger charge is 2.31. The summed E-state index contributed by atoms with van der Waals surface area (Å²) in [5.74, 6) is -1.52. The number of likely N-dealkylation sites (N-methyl/N-ethyl adjacent to an activating group) is 1. The minimum Gasteiger partial charge on any atom is -0.477 e. The van der Waals surface area contributed by atoms with E-state index in [0.717, 1.165) is 44.9 Å². The first-order chi connectivity index (χ1) is 27.1. The van der Waals surface area contributed by atoms with Crippen LogP contribution in [0.2, 0.25) is 0 Å². The molecule has 0 saturated carbocycles. The number of ether oxygens (including phenoxy) is 3. The van der Waals surface area contributed by atoms with Crippen LogP contribution in [0.3, 0.4) is 0 Å². The molecule has 0 aromatic heterocycles. The summed E-state index contributed by atoms with van der Waals surface area (Å²) in [6.45, 7) is 4.67. The Morgan fingerprint density at radius 3 is 1.46 bits per heavy atom. The SMILES string of the molecule is CCCCCC/C=C/CCCC(=O)OC(COCCC(C(=O)O)[N+](C)(C)C)COC(=O)CCCCCCCCC/C=C/C/C=C/CCCCCCCCCCC. The number of esters is 2. The third-order valence-electron chi connectivity index (χ3n) is 10.3. The summed E-state index contributed by atoms with van der Waals surface area (Å²) in [4.78, 5) is 36.9. The highest BCUT2D eigenvalue weighted by Crippen LogP contribution is 2.14. The minimum atomic E-state index is -0.880. The Morgan fingerprint density at radius 2 is 0.964 bits per heavy atom. The Bertz CT molecular complexity index is 1020. The van der Waals surface area contributed by atoms with Gasteiger partial charge in [0.25, 0.3) is 0 Å². The van der Waals surface area contributed by atoms with Crippen LogP contribution in [-0.4, -0.2) is 80.6 Å². The van der Waals surface area contributed by atoms with Gasteiger partial charge in [-0.1, -0.05) is 153 Å². The second-order valence-electron chi connectivity index (χ2n) is 16.7. The molecule has 56 heavy (non-hydrogen) atoms. The van der Waals surface area contributed by atoms with Gasteiger partial charge in [0.1, 0.15) is 6.61 Å². The van der Waals surface area contributed by atoms with E-state index >= 15 is 0 Å². The number of unbranched alkanes of at least 4 members (excludes halogenated alkanes) is 21. The number of carbonyl (C=O) groups excluding carboxylic acids is 2. The number of carbonyl (C=O) groups is 3. The zero-order valence-electron chi connectivity index (χ0n) is 37.1. The van der Waals surface area contributed by atoms with Gasteiger partial charge in [0.2, 0.25) is 0 Å². The maximum atomic E-state index is 12.6. The van der Waals surface area contributed by atoms with E-state index < -0.39 is 18.1 Å². The molecule has 0 aliphatic rings. The van der Waals surface area contributed by atoms with Crippen molar-refractivity contribution in [3.8, 4) is 0 Å². The maximum absolute atomic E-state index is 12.6. The lowest BCUT2D eigenvalue weighted by Gasteiger charge is -2.31. The summed E-state index contributed by atoms with van der Waals surface area (Å²) in [7, 11) is 5.51. The van der Waals surface area contributed by atoms with Crippen molar-refractivity contribution in [2.75, 3.05) is 41.0 Å². The Balaban J connectivity index is 4.19. The fourth-order valence-corrected chi connectivity index (χ4v) is 6.65. The smallest absolute Gasteiger partial charge is 0.362 e. The fourth-order valence-electron chi connectivity index (χ4n) is 6.65. The highest BCUT2D eigenvalue weighted by atomic mass is 16.6. The molecule has 0 radical (unpaired) electrons. The molecule has 0 rings (SSSR count). The van der Waals surface area contributed by atoms with Crippen molar-refractivity contribution in [1.29, 1.82) is 0 Å². The van der Waals surface area contributed by atoms with Gasteiger partial charge in [0, 0.05) is 19.3 Å². The van der Waals surface area contributed by atoms with Crippen molar-refractivity contribution in [3.63, 3.8) is 0 Å². The lowest BCUT2D eigenvalue weighted by Crippen LogP contribution is -2.50. The van der Waals surface area contributed by atoms with Crippen molar-refractivity contribution in [3.05, 3.63) is 36.5 Å². The third-order valence-corrected chi connectivity index (χ3v) is 10.3. The van der Waals surface area contributed by atoms with E-state index in [1.807, 2.05) is 21.1 Å². The zero-order chi connectivity index (χ0) is 41.4. The molecule has 0 spiro atoms. The predicted octanol–water partition coefficient (Wildman–Crippen LogP) is 12.6. The Hall–Kier alpha value is -2.45. The van der Waals surface area contributed by atoms with Gasteiger partial charge in [-0.3, -0.25) is 9.59 Å². The standard InChI is InChI=1S/C48H87NO7/c1-6-8-10-12-14-16-17-18-19-20-21-22-23-24-25-26-27-28-29-31-32-34-36-38-46(50)55-43-44(42-54-41-40-45(48(52)53)49(3,4)5)56-47(51)39-37-35-33-30-15-13-11-9-7-2/h21-22,24-25,30,33,44-45H,6-20,23,26-29,31-32,34-43H2,1-5H3/p+1/b22-21+,25-24+,33-30+. The molecule has 0 aliphatic heterocycles. The van der Waals surface area contributed by atoms with Crippen molar-refractivity contribution in [1.82, 2.24) is 0 Å². The molecular weight excluding hydrogens is 703 g/mol. The molecule has 0 amide bonds. The van der Waals surface area contributed by atoms with Crippen LogP contribution in [0.4, 0.5) is 0 Å². The summed E-state index contributed by atoms with van der Waals surface area (Å²) in [5.41, 5.74) is 0. The monoisotopic (exact) mass is 791 g/mol. The van der Waals surface area contributed by atoms with Gasteiger partial charge < -0.3 is 23.8 Å². The molecule has 326 valence electrons. The summed E-state index contributed by atoms with van der Waals surface area (Å²) < 4.78 is 17.2. The molecule has 0 aromatic carbocycles. The number of hydrogen-bond acceptors (Lipinski definition) is 6. The Kier molecular flexibility index (Phi) is 37.7. The molecule has 0 fully saturated rings. The van der Waals surface area contributed by atoms with Gasteiger partial charge in [0.05, 0.1) is 34.4 Å². The topological polar surface area (TPSA) is 99.1 Å². The van der Waals surface area contributed by atoms with Crippen LogP contribution >= 0.6 is 0 Å². The highest BCUT2D eigenvalue weighted by molar-refractivity contribution is 5.72. The maximum Gasteiger partial charge on any atom is 0.362 e. The summed E-state index contributed by atoms with van der Waals surface area (Å²) in [6.07, 6.45) is 45.0. The van der Waals surface area contributed by atoms with E-state index in [1.54, 1.807) is 0 Å². The number of carboxylic acids is 1. The van der Waals surface area contributed by atoms with Crippen LogP contribution in [0.25, 0.3) is 0 Å². The number of carboxylic acid groups (broad SMARTS) is 1. The molecule has 8 heteroatoms. The summed E-state index contributed by atoms with van der Waals surface area (Å²) in [6, 6.07) is -0.618. The van der Waals surface area contributed by atoms with Gasteiger partial charge >= 0.3 is 17.9 Å². The van der Waals surface area contributed by atoms with Crippen LogP contribution in [-0.2, 0) is 28.6 Å². The number of allylic oxidation sites excluding steroid dienone is 6.